The van der Waals surface area contributed by atoms with Gasteiger partial charge in [-0.05, 0) is 31.6 Å². The van der Waals surface area contributed by atoms with Crippen molar-refractivity contribution in [3.05, 3.63) is 0 Å². The van der Waals surface area contributed by atoms with Gasteiger partial charge in [-0.3, -0.25) is 14.5 Å². The molecule has 5 nitrogen and oxygen atoms in total. The predicted octanol–water partition coefficient (Wildman–Crippen LogP) is 1.62. The highest BCUT2D eigenvalue weighted by Gasteiger charge is 2.45. The van der Waals surface area contributed by atoms with Crippen molar-refractivity contribution in [1.82, 2.24) is 10.2 Å². The number of amides is 1. The minimum absolute atomic E-state index is 0.0316. The Hall–Kier alpha value is -1.10. The van der Waals surface area contributed by atoms with Gasteiger partial charge in [-0.15, -0.1) is 0 Å². The Morgan fingerprint density at radius 3 is 2.75 bits per heavy atom. The van der Waals surface area contributed by atoms with Crippen molar-refractivity contribution in [2.45, 2.75) is 64.0 Å². The first-order valence-electron chi connectivity index (χ1n) is 7.88. The summed E-state index contributed by atoms with van der Waals surface area (Å²) in [5.74, 6) is -0.343. The lowest BCUT2D eigenvalue weighted by atomic mass is 9.85. The van der Waals surface area contributed by atoms with Gasteiger partial charge < -0.3 is 10.4 Å². The molecule has 2 rings (SSSR count). The second kappa shape index (κ2) is 7.07. The average Bonchev–Trinajstić information content (AvgIpc) is 2.78. The minimum atomic E-state index is -0.777. The lowest BCUT2D eigenvalue weighted by Crippen LogP contribution is -2.47. The highest BCUT2D eigenvalue weighted by molar-refractivity contribution is 5.80. The van der Waals surface area contributed by atoms with Crippen molar-refractivity contribution in [3.63, 3.8) is 0 Å². The molecule has 1 aliphatic heterocycles. The predicted molar refractivity (Wildman–Crippen MR) is 76.4 cm³/mol. The third-order valence-electron chi connectivity index (χ3n) is 4.69. The third-order valence-corrected chi connectivity index (χ3v) is 4.69. The zero-order valence-electron chi connectivity index (χ0n) is 12.3. The van der Waals surface area contributed by atoms with Gasteiger partial charge in [-0.1, -0.05) is 26.2 Å². The van der Waals surface area contributed by atoms with Gasteiger partial charge in [0.05, 0.1) is 6.54 Å². The molecule has 2 aliphatic rings. The van der Waals surface area contributed by atoms with E-state index in [-0.39, 0.29) is 12.5 Å². The number of carboxylic acid groups (broad SMARTS) is 1. The van der Waals surface area contributed by atoms with E-state index in [2.05, 4.69) is 12.2 Å². The molecular weight excluding hydrogens is 256 g/mol. The molecule has 1 aliphatic carbocycles. The SMILES string of the molecule is CCCCNC(=O)CN1[C@@H]2CCCC[C@@H]2C[C@H]1C(=O)O. The van der Waals surface area contributed by atoms with Crippen LogP contribution < -0.4 is 5.32 Å². The molecule has 0 unspecified atom stereocenters. The highest BCUT2D eigenvalue weighted by Crippen LogP contribution is 2.39. The molecular formula is C15H26N2O3. The van der Waals surface area contributed by atoms with E-state index in [0.717, 1.165) is 32.1 Å². The number of fused-ring (bicyclic) bond motifs is 1. The summed E-state index contributed by atoms with van der Waals surface area (Å²) in [5.41, 5.74) is 0. The maximum absolute atomic E-state index is 12.0. The second-order valence-electron chi connectivity index (χ2n) is 6.08. The molecule has 1 saturated carbocycles. The van der Waals surface area contributed by atoms with E-state index >= 15 is 0 Å². The van der Waals surface area contributed by atoms with Crippen LogP contribution in [0.2, 0.25) is 0 Å². The highest BCUT2D eigenvalue weighted by atomic mass is 16.4. The van der Waals surface area contributed by atoms with Crippen molar-refractivity contribution in [3.8, 4) is 0 Å². The summed E-state index contributed by atoms with van der Waals surface area (Å²) in [7, 11) is 0. The normalized spacial score (nSPS) is 29.9. The number of nitrogens with one attached hydrogen (secondary N) is 1. The Bertz CT molecular complexity index is 359. The number of hydrogen-bond acceptors (Lipinski definition) is 3. The number of unbranched alkanes of at least 4 members (excludes halogenated alkanes) is 1. The van der Waals surface area contributed by atoms with E-state index in [9.17, 15) is 14.7 Å². The molecule has 0 aromatic heterocycles. The molecule has 5 heteroatoms. The molecule has 1 saturated heterocycles. The Labute approximate surface area is 120 Å². The minimum Gasteiger partial charge on any atom is -0.480 e. The van der Waals surface area contributed by atoms with Crippen LogP contribution in [0.25, 0.3) is 0 Å². The van der Waals surface area contributed by atoms with Crippen LogP contribution in [0.3, 0.4) is 0 Å². The first kappa shape index (κ1) is 15.3. The lowest BCUT2D eigenvalue weighted by Gasteiger charge is -2.32. The van der Waals surface area contributed by atoms with E-state index in [1.54, 1.807) is 0 Å². The fourth-order valence-electron chi connectivity index (χ4n) is 3.65. The second-order valence-corrected chi connectivity index (χ2v) is 6.08. The molecule has 114 valence electrons. The first-order chi connectivity index (χ1) is 9.63. The standard InChI is InChI=1S/C15H26N2O3/c1-2-3-8-16-14(18)10-17-12-7-5-4-6-11(12)9-13(17)15(19)20/h11-13H,2-10H2,1H3,(H,16,18)(H,19,20)/t11-,12-,13+/m1/s1. The van der Waals surface area contributed by atoms with Crippen LogP contribution in [-0.4, -0.2) is 47.1 Å². The zero-order valence-corrected chi connectivity index (χ0v) is 12.3. The molecule has 20 heavy (non-hydrogen) atoms. The topological polar surface area (TPSA) is 69.6 Å². The van der Waals surface area contributed by atoms with Crippen molar-refractivity contribution >= 4 is 11.9 Å². The van der Waals surface area contributed by atoms with Gasteiger partial charge in [-0.2, -0.15) is 0 Å². The summed E-state index contributed by atoms with van der Waals surface area (Å²) >= 11 is 0. The molecule has 2 N–H and O–H groups in total. The fraction of sp³-hybridized carbons (Fsp3) is 0.867. The Morgan fingerprint density at radius 2 is 2.05 bits per heavy atom. The van der Waals surface area contributed by atoms with Crippen LogP contribution in [0, 0.1) is 5.92 Å². The Kier molecular flexibility index (Phi) is 5.40. The number of hydrogen-bond donors (Lipinski definition) is 2. The fourth-order valence-corrected chi connectivity index (χ4v) is 3.65. The summed E-state index contributed by atoms with van der Waals surface area (Å²) in [5, 5.41) is 12.3. The van der Waals surface area contributed by atoms with Crippen molar-refractivity contribution < 1.29 is 14.7 Å². The Morgan fingerprint density at radius 1 is 1.30 bits per heavy atom. The van der Waals surface area contributed by atoms with E-state index in [4.69, 9.17) is 0 Å². The summed E-state index contributed by atoms with van der Waals surface area (Å²) in [6.45, 7) is 3.01. The van der Waals surface area contributed by atoms with E-state index < -0.39 is 12.0 Å². The maximum atomic E-state index is 12.0. The summed E-state index contributed by atoms with van der Waals surface area (Å²) in [6, 6.07) is -0.179. The van der Waals surface area contributed by atoms with Gasteiger partial charge in [0.1, 0.15) is 6.04 Å². The van der Waals surface area contributed by atoms with Gasteiger partial charge in [0.15, 0.2) is 0 Å². The molecule has 0 aromatic rings. The van der Waals surface area contributed by atoms with Gasteiger partial charge in [0.25, 0.3) is 0 Å². The van der Waals surface area contributed by atoms with Crippen LogP contribution >= 0.6 is 0 Å². The lowest BCUT2D eigenvalue weighted by molar-refractivity contribution is -0.143. The molecule has 3 atom stereocenters. The van der Waals surface area contributed by atoms with Crippen LogP contribution in [0.4, 0.5) is 0 Å². The van der Waals surface area contributed by atoms with Crippen LogP contribution in [-0.2, 0) is 9.59 Å². The maximum Gasteiger partial charge on any atom is 0.320 e. The van der Waals surface area contributed by atoms with Crippen molar-refractivity contribution in [2.75, 3.05) is 13.1 Å². The molecule has 1 heterocycles. The average molecular weight is 282 g/mol. The van der Waals surface area contributed by atoms with Crippen molar-refractivity contribution in [2.24, 2.45) is 5.92 Å². The number of nitrogens with zero attached hydrogens (tertiary/aromatic N) is 1. The van der Waals surface area contributed by atoms with Crippen LogP contribution in [0.1, 0.15) is 51.9 Å². The molecule has 2 fully saturated rings. The number of rotatable bonds is 6. The Balaban J connectivity index is 1.94. The summed E-state index contributed by atoms with van der Waals surface area (Å²) < 4.78 is 0. The molecule has 1 amide bonds. The van der Waals surface area contributed by atoms with E-state index in [1.807, 2.05) is 4.90 Å². The number of carbonyl (C=O) groups excluding carboxylic acids is 1. The quantitative estimate of drug-likeness (QED) is 0.726. The molecule has 0 spiro atoms. The number of carboxylic acids is 1. The van der Waals surface area contributed by atoms with Gasteiger partial charge >= 0.3 is 5.97 Å². The summed E-state index contributed by atoms with van der Waals surface area (Å²) in [4.78, 5) is 25.3. The first-order valence-corrected chi connectivity index (χ1v) is 7.88. The monoisotopic (exact) mass is 282 g/mol. The largest absolute Gasteiger partial charge is 0.480 e. The van der Waals surface area contributed by atoms with Gasteiger partial charge in [0.2, 0.25) is 5.91 Å². The summed E-state index contributed by atoms with van der Waals surface area (Å²) in [6.07, 6.45) is 7.24. The van der Waals surface area contributed by atoms with Crippen molar-refractivity contribution in [1.29, 1.82) is 0 Å². The third kappa shape index (κ3) is 3.51. The van der Waals surface area contributed by atoms with Crippen LogP contribution in [0.5, 0.6) is 0 Å². The van der Waals surface area contributed by atoms with E-state index in [0.29, 0.717) is 24.9 Å². The molecule has 0 radical (unpaired) electrons. The molecule has 0 bridgehead atoms. The molecule has 0 aromatic carbocycles. The van der Waals surface area contributed by atoms with Gasteiger partial charge in [0, 0.05) is 12.6 Å². The van der Waals surface area contributed by atoms with E-state index in [1.165, 1.54) is 6.42 Å². The smallest absolute Gasteiger partial charge is 0.320 e. The number of aliphatic carboxylic acids is 1. The van der Waals surface area contributed by atoms with Gasteiger partial charge in [-0.25, -0.2) is 0 Å². The zero-order chi connectivity index (χ0) is 14.5. The number of carbonyl (C=O) groups is 2. The van der Waals surface area contributed by atoms with Crippen LogP contribution in [0.15, 0.2) is 0 Å². The number of likely N-dealkylation sites (tertiary alicyclic amines) is 1.